The van der Waals surface area contributed by atoms with Gasteiger partial charge in [0, 0.05) is 5.41 Å². The molecule has 2 aromatic rings. The van der Waals surface area contributed by atoms with Crippen molar-refractivity contribution in [1.29, 1.82) is 0 Å². The van der Waals surface area contributed by atoms with Crippen LogP contribution in [0.4, 0.5) is 13.2 Å². The quantitative estimate of drug-likeness (QED) is 0.459. The second-order valence-electron chi connectivity index (χ2n) is 7.04. The molecule has 2 nitrogen and oxygen atoms in total. The van der Waals surface area contributed by atoms with Crippen LogP contribution in [0.3, 0.4) is 0 Å². The van der Waals surface area contributed by atoms with E-state index in [4.69, 9.17) is 9.47 Å². The number of ether oxygens (including phenoxy) is 2. The average Bonchev–Trinajstić information content (AvgIpc) is 2.67. The maximum Gasteiger partial charge on any atom is 0.272 e. The summed E-state index contributed by atoms with van der Waals surface area (Å²) >= 11 is 0. The summed E-state index contributed by atoms with van der Waals surface area (Å²) in [6, 6.07) is 15.1. The minimum Gasteiger partial charge on any atom is -0.494 e. The van der Waals surface area contributed by atoms with Gasteiger partial charge in [0.1, 0.15) is 18.1 Å². The molecular formula is C22H27F3O2. The second-order valence-corrected chi connectivity index (χ2v) is 7.04. The van der Waals surface area contributed by atoms with Gasteiger partial charge in [-0.2, -0.15) is 0 Å². The smallest absolute Gasteiger partial charge is 0.272 e. The van der Waals surface area contributed by atoms with E-state index < -0.39 is 19.2 Å². The van der Waals surface area contributed by atoms with Gasteiger partial charge in [0.15, 0.2) is 6.17 Å². The van der Waals surface area contributed by atoms with Crippen LogP contribution in [0.25, 0.3) is 0 Å². The van der Waals surface area contributed by atoms with Crippen molar-refractivity contribution in [3.05, 3.63) is 59.7 Å². The first kappa shape index (κ1) is 21.1. The van der Waals surface area contributed by atoms with E-state index in [1.165, 1.54) is 0 Å². The van der Waals surface area contributed by atoms with Crippen LogP contribution < -0.4 is 9.47 Å². The summed E-state index contributed by atoms with van der Waals surface area (Å²) in [7, 11) is 0. The minimum absolute atomic E-state index is 0.258. The molecule has 2 aromatic carbocycles. The lowest BCUT2D eigenvalue weighted by atomic mass is 9.78. The predicted octanol–water partition coefficient (Wildman–Crippen LogP) is 6.17. The van der Waals surface area contributed by atoms with Gasteiger partial charge in [0.05, 0.1) is 6.61 Å². The Morgan fingerprint density at radius 1 is 0.815 bits per heavy atom. The van der Waals surface area contributed by atoms with E-state index in [0.717, 1.165) is 29.7 Å². The highest BCUT2D eigenvalue weighted by Gasteiger charge is 2.23. The molecule has 1 unspecified atom stereocenters. The van der Waals surface area contributed by atoms with Crippen molar-refractivity contribution in [3.63, 3.8) is 0 Å². The maximum absolute atomic E-state index is 12.9. The first-order valence-corrected chi connectivity index (χ1v) is 9.23. The summed E-state index contributed by atoms with van der Waals surface area (Å²) in [4.78, 5) is 0. The summed E-state index contributed by atoms with van der Waals surface area (Å²) in [5, 5.41) is 0. The number of hydrogen-bond acceptors (Lipinski definition) is 2. The van der Waals surface area contributed by atoms with Crippen molar-refractivity contribution in [3.8, 4) is 11.5 Å². The van der Waals surface area contributed by atoms with E-state index in [1.807, 2.05) is 36.4 Å². The fraction of sp³-hybridized carbons (Fsp3) is 0.455. The molecule has 2 rings (SSSR count). The van der Waals surface area contributed by atoms with Gasteiger partial charge < -0.3 is 9.47 Å². The molecule has 0 radical (unpaired) electrons. The highest BCUT2D eigenvalue weighted by Crippen LogP contribution is 2.33. The number of alkyl halides is 3. The maximum atomic E-state index is 12.9. The summed E-state index contributed by atoms with van der Waals surface area (Å²) in [5.41, 5.74) is 1.91. The van der Waals surface area contributed by atoms with E-state index >= 15 is 0 Å². The molecule has 0 N–H and O–H groups in total. The van der Waals surface area contributed by atoms with Crippen molar-refractivity contribution in [1.82, 2.24) is 0 Å². The van der Waals surface area contributed by atoms with E-state index in [0.29, 0.717) is 12.4 Å². The number of halogens is 3. The molecular weight excluding hydrogens is 353 g/mol. The van der Waals surface area contributed by atoms with Crippen LogP contribution in [-0.2, 0) is 5.41 Å². The number of unbranched alkanes of at least 4 members (excludes halogenated alkanes) is 1. The Balaban J connectivity index is 2.03. The average molecular weight is 380 g/mol. The van der Waals surface area contributed by atoms with Crippen LogP contribution >= 0.6 is 0 Å². The van der Waals surface area contributed by atoms with Gasteiger partial charge in [-0.15, -0.1) is 0 Å². The molecule has 0 spiro atoms. The molecule has 0 saturated carbocycles. The fourth-order valence-electron chi connectivity index (χ4n) is 2.69. The summed E-state index contributed by atoms with van der Waals surface area (Å²) < 4.78 is 48.1. The molecule has 5 heteroatoms. The molecule has 0 aliphatic rings. The molecule has 1 atom stereocenters. The normalized spacial score (nSPS) is 12.9. The zero-order valence-electron chi connectivity index (χ0n) is 16.1. The molecule has 27 heavy (non-hydrogen) atoms. The fourth-order valence-corrected chi connectivity index (χ4v) is 2.69. The molecule has 0 aromatic heterocycles. The Hall–Kier alpha value is -2.17. The first-order chi connectivity index (χ1) is 12.8. The Morgan fingerprint density at radius 3 is 1.74 bits per heavy atom. The zero-order chi connectivity index (χ0) is 19.9. The van der Waals surface area contributed by atoms with Gasteiger partial charge in [-0.05, 0) is 41.8 Å². The molecule has 0 aliphatic heterocycles. The second kappa shape index (κ2) is 9.67. The summed E-state index contributed by atoms with van der Waals surface area (Å²) in [6.45, 7) is 6.39. The molecule has 0 fully saturated rings. The number of rotatable bonds is 10. The van der Waals surface area contributed by atoms with Crippen molar-refractivity contribution in [2.24, 2.45) is 0 Å². The van der Waals surface area contributed by atoms with Gasteiger partial charge in [-0.3, -0.25) is 0 Å². The Bertz CT molecular complexity index is 682. The molecule has 0 saturated heterocycles. The highest BCUT2D eigenvalue weighted by molar-refractivity contribution is 5.41. The van der Waals surface area contributed by atoms with E-state index in [2.05, 4.69) is 20.8 Å². The lowest BCUT2D eigenvalue weighted by molar-refractivity contribution is 0.0231. The van der Waals surface area contributed by atoms with Crippen LogP contribution in [-0.4, -0.2) is 25.8 Å². The van der Waals surface area contributed by atoms with Crippen molar-refractivity contribution in [2.45, 2.75) is 51.6 Å². The first-order valence-electron chi connectivity index (χ1n) is 9.23. The third-order valence-corrected chi connectivity index (χ3v) is 4.60. The van der Waals surface area contributed by atoms with E-state index in [1.54, 1.807) is 12.1 Å². The van der Waals surface area contributed by atoms with Gasteiger partial charge in [-0.1, -0.05) is 51.5 Å². The largest absolute Gasteiger partial charge is 0.494 e. The molecule has 0 bridgehead atoms. The lowest BCUT2D eigenvalue weighted by Crippen LogP contribution is -2.21. The van der Waals surface area contributed by atoms with Crippen LogP contribution in [0.15, 0.2) is 48.5 Å². The molecule has 0 amide bonds. The standard InChI is InChI=1S/C22H27F3O2/c1-4-5-14-26-18-10-6-16(7-11-18)22(2,3)17-8-12-19(13-9-17)27-15-20(23)21(24)25/h6-13,20-21H,4-5,14-15H2,1-3H3. The van der Waals surface area contributed by atoms with Crippen LogP contribution in [0.5, 0.6) is 11.5 Å². The highest BCUT2D eigenvalue weighted by atomic mass is 19.3. The molecule has 0 aliphatic carbocycles. The van der Waals surface area contributed by atoms with E-state index in [9.17, 15) is 13.2 Å². The van der Waals surface area contributed by atoms with E-state index in [-0.39, 0.29) is 5.41 Å². The Kier molecular flexibility index (Phi) is 7.57. The summed E-state index contributed by atoms with van der Waals surface area (Å²) in [6.07, 6.45) is -3.18. The van der Waals surface area contributed by atoms with Crippen molar-refractivity contribution < 1.29 is 22.6 Å². The monoisotopic (exact) mass is 380 g/mol. The molecule has 0 heterocycles. The van der Waals surface area contributed by atoms with Gasteiger partial charge in [0.25, 0.3) is 6.43 Å². The lowest BCUT2D eigenvalue weighted by Gasteiger charge is -2.26. The predicted molar refractivity (Wildman–Crippen MR) is 102 cm³/mol. The summed E-state index contributed by atoms with van der Waals surface area (Å²) in [5.74, 6) is 1.23. The SMILES string of the molecule is CCCCOc1ccc(C(C)(C)c2ccc(OCC(F)C(F)F)cc2)cc1. The number of hydrogen-bond donors (Lipinski definition) is 0. The van der Waals surface area contributed by atoms with Gasteiger partial charge in [-0.25, -0.2) is 13.2 Å². The topological polar surface area (TPSA) is 18.5 Å². The Morgan fingerprint density at radius 2 is 1.30 bits per heavy atom. The Labute approximate surface area is 159 Å². The van der Waals surface area contributed by atoms with Crippen LogP contribution in [0.1, 0.15) is 44.7 Å². The third kappa shape index (κ3) is 5.91. The van der Waals surface area contributed by atoms with Crippen LogP contribution in [0.2, 0.25) is 0 Å². The van der Waals surface area contributed by atoms with Gasteiger partial charge >= 0.3 is 0 Å². The van der Waals surface area contributed by atoms with Crippen LogP contribution in [0, 0.1) is 0 Å². The zero-order valence-corrected chi connectivity index (χ0v) is 16.1. The minimum atomic E-state index is -3.03. The van der Waals surface area contributed by atoms with Crippen molar-refractivity contribution in [2.75, 3.05) is 13.2 Å². The van der Waals surface area contributed by atoms with Crippen molar-refractivity contribution >= 4 is 0 Å². The molecule has 148 valence electrons. The number of benzene rings is 2. The van der Waals surface area contributed by atoms with Gasteiger partial charge in [0.2, 0.25) is 0 Å². The third-order valence-electron chi connectivity index (χ3n) is 4.60.